The van der Waals surface area contributed by atoms with Crippen LogP contribution in [0.2, 0.25) is 4.68 Å². The molecule has 1 rings (SSSR count). The zero-order valence-corrected chi connectivity index (χ0v) is 16.8. The van der Waals surface area contributed by atoms with Gasteiger partial charge in [0.25, 0.3) is 0 Å². The quantitative estimate of drug-likeness (QED) is 0.600. The van der Waals surface area contributed by atoms with Crippen LogP contribution in [0.5, 0.6) is 0 Å². The van der Waals surface area contributed by atoms with E-state index < -0.39 is 20.8 Å². The van der Waals surface area contributed by atoms with E-state index in [0.717, 1.165) is 13.2 Å². The van der Waals surface area contributed by atoms with Crippen LogP contribution < -0.4 is 0 Å². The SMILES string of the molecule is CC[O][Hf]([CH3])([O]CC)[C]1=C(C)C(C)=C(C)C1(C)C. The van der Waals surface area contributed by atoms with Crippen LogP contribution in [0.15, 0.2) is 20.0 Å². The van der Waals surface area contributed by atoms with Crippen molar-refractivity contribution in [3.05, 3.63) is 20.0 Å². The molecule has 0 aliphatic heterocycles. The molecule has 0 aromatic heterocycles. The van der Waals surface area contributed by atoms with E-state index in [4.69, 9.17) is 5.71 Å². The molecule has 0 bridgehead atoms. The normalized spacial score (nSPS) is 20.0. The van der Waals surface area contributed by atoms with E-state index in [1.165, 1.54) is 20.0 Å². The molecule has 3 heteroatoms. The molecule has 104 valence electrons. The standard InChI is InChI=1S/C10H15.2C2H5O.CH3.Hf/c1-7-6-10(4,5)9(3)8(7)2;2*1-2-3;;/h1-5H3;2*2H2,1H3;1H3;/q;2*-1;;+2. The van der Waals surface area contributed by atoms with Crippen molar-refractivity contribution in [2.75, 3.05) is 13.2 Å². The number of allylic oxidation sites excluding steroid dienone is 4. The fourth-order valence-electron chi connectivity index (χ4n) is 3.24. The Kier molecular flexibility index (Phi) is 5.19. The summed E-state index contributed by atoms with van der Waals surface area (Å²) in [5.41, 5.74) is 4.43. The van der Waals surface area contributed by atoms with Crippen LogP contribution >= 0.6 is 0 Å². The average Bonchev–Trinajstić information content (AvgIpc) is 2.40. The van der Waals surface area contributed by atoms with Gasteiger partial charge in [0.05, 0.1) is 0 Å². The summed E-state index contributed by atoms with van der Waals surface area (Å²) in [5.74, 6) is 0. The van der Waals surface area contributed by atoms with E-state index in [1.54, 1.807) is 0 Å². The molecule has 0 fully saturated rings. The number of hydrogen-bond donors (Lipinski definition) is 0. The summed E-state index contributed by atoms with van der Waals surface area (Å²) in [6.45, 7) is 17.0. The molecule has 0 radical (unpaired) electrons. The Balaban J connectivity index is 3.31. The summed E-state index contributed by atoms with van der Waals surface area (Å²) >= 11 is -3.25. The van der Waals surface area contributed by atoms with Gasteiger partial charge in [-0.3, -0.25) is 0 Å². The van der Waals surface area contributed by atoms with Gasteiger partial charge in [0.1, 0.15) is 0 Å². The molecule has 0 heterocycles. The predicted octanol–water partition coefficient (Wildman–Crippen LogP) is 4.74. The van der Waals surface area contributed by atoms with Crippen LogP contribution in [0.25, 0.3) is 0 Å². The van der Waals surface area contributed by atoms with Crippen LogP contribution in [0.3, 0.4) is 0 Å². The van der Waals surface area contributed by atoms with Gasteiger partial charge in [0.15, 0.2) is 0 Å². The van der Waals surface area contributed by atoms with Crippen molar-refractivity contribution < 1.29 is 26.6 Å². The Morgan fingerprint density at radius 1 is 0.944 bits per heavy atom. The third kappa shape index (κ3) is 2.59. The van der Waals surface area contributed by atoms with Gasteiger partial charge in [-0.1, -0.05) is 0 Å². The van der Waals surface area contributed by atoms with Crippen molar-refractivity contribution in [3.63, 3.8) is 0 Å². The molecule has 0 unspecified atom stereocenters. The van der Waals surface area contributed by atoms with Gasteiger partial charge in [-0.15, -0.1) is 0 Å². The molecule has 0 saturated heterocycles. The maximum absolute atomic E-state index is 6.17. The first-order valence-electron chi connectivity index (χ1n) is 6.90. The molecule has 0 aromatic rings. The van der Waals surface area contributed by atoms with Crippen LogP contribution in [-0.4, -0.2) is 13.2 Å². The van der Waals surface area contributed by atoms with Crippen molar-refractivity contribution in [1.29, 1.82) is 0 Å². The summed E-state index contributed by atoms with van der Waals surface area (Å²) < 4.78 is 16.1. The first-order chi connectivity index (χ1) is 8.22. The van der Waals surface area contributed by atoms with E-state index in [-0.39, 0.29) is 5.41 Å². The van der Waals surface area contributed by atoms with E-state index in [9.17, 15) is 0 Å². The Morgan fingerprint density at radius 2 is 1.39 bits per heavy atom. The van der Waals surface area contributed by atoms with Crippen molar-refractivity contribution in [3.8, 4) is 0 Å². The molecular weight excluding hydrogens is 391 g/mol. The summed E-state index contributed by atoms with van der Waals surface area (Å²) in [6.07, 6.45) is 0. The second-order valence-electron chi connectivity index (χ2n) is 5.69. The summed E-state index contributed by atoms with van der Waals surface area (Å²) in [5, 5.41) is 0. The van der Waals surface area contributed by atoms with Gasteiger partial charge >= 0.3 is 118 Å². The van der Waals surface area contributed by atoms with E-state index in [1.807, 2.05) is 0 Å². The summed E-state index contributed by atoms with van der Waals surface area (Å²) in [7, 11) is 0. The second-order valence-corrected chi connectivity index (χ2v) is 16.4. The van der Waals surface area contributed by atoms with Crippen molar-refractivity contribution in [2.24, 2.45) is 5.41 Å². The predicted molar refractivity (Wildman–Crippen MR) is 74.0 cm³/mol. The number of hydrogen-bond acceptors (Lipinski definition) is 2. The van der Waals surface area contributed by atoms with Gasteiger partial charge in [0, 0.05) is 0 Å². The Bertz CT molecular complexity index is 385. The third-order valence-corrected chi connectivity index (χ3v) is 17.2. The molecule has 0 spiro atoms. The molecule has 0 aromatic carbocycles. The molecule has 0 N–H and O–H groups in total. The first-order valence-corrected chi connectivity index (χ1v) is 15.2. The van der Waals surface area contributed by atoms with E-state index in [0.29, 0.717) is 0 Å². The number of rotatable bonds is 5. The Hall–Kier alpha value is 0.270. The van der Waals surface area contributed by atoms with Crippen LogP contribution in [0.4, 0.5) is 0 Å². The molecule has 0 saturated carbocycles. The van der Waals surface area contributed by atoms with Crippen LogP contribution in [-0.2, 0) is 26.6 Å². The molecule has 0 amide bonds. The molecule has 18 heavy (non-hydrogen) atoms. The van der Waals surface area contributed by atoms with Gasteiger partial charge in [0.2, 0.25) is 0 Å². The minimum atomic E-state index is -3.25. The minimum absolute atomic E-state index is 0.106. The Labute approximate surface area is 118 Å². The zero-order valence-electron chi connectivity index (χ0n) is 13.2. The fraction of sp³-hybridized carbons (Fsp3) is 0.733. The Morgan fingerprint density at radius 3 is 1.67 bits per heavy atom. The third-order valence-electron chi connectivity index (χ3n) is 4.36. The van der Waals surface area contributed by atoms with Gasteiger partial charge < -0.3 is 0 Å². The fourth-order valence-corrected chi connectivity index (χ4v) is 16.4. The monoisotopic (exact) mass is 420 g/mol. The van der Waals surface area contributed by atoms with Crippen LogP contribution in [0, 0.1) is 5.41 Å². The topological polar surface area (TPSA) is 18.5 Å². The second kappa shape index (κ2) is 5.72. The molecular formula is C15H28HfO2. The maximum atomic E-state index is 6.17. The summed E-state index contributed by atoms with van der Waals surface area (Å²) in [4.78, 5) is 0. The van der Waals surface area contributed by atoms with Crippen molar-refractivity contribution in [2.45, 2.75) is 53.1 Å². The molecule has 1 aliphatic rings. The average molecular weight is 419 g/mol. The zero-order chi connectivity index (χ0) is 14.1. The summed E-state index contributed by atoms with van der Waals surface area (Å²) in [6, 6.07) is 0. The first kappa shape index (κ1) is 16.3. The van der Waals surface area contributed by atoms with Crippen LogP contribution in [0.1, 0.15) is 48.5 Å². The van der Waals surface area contributed by atoms with Crippen molar-refractivity contribution >= 4 is 0 Å². The molecule has 1 aliphatic carbocycles. The van der Waals surface area contributed by atoms with Gasteiger partial charge in [-0.2, -0.15) is 0 Å². The van der Waals surface area contributed by atoms with E-state index >= 15 is 0 Å². The van der Waals surface area contributed by atoms with E-state index in [2.05, 4.69) is 53.1 Å². The van der Waals surface area contributed by atoms with Crippen molar-refractivity contribution in [1.82, 2.24) is 0 Å². The molecule has 2 nitrogen and oxygen atoms in total. The molecule has 0 atom stereocenters. The van der Waals surface area contributed by atoms with Gasteiger partial charge in [-0.05, 0) is 0 Å². The van der Waals surface area contributed by atoms with Gasteiger partial charge in [-0.25, -0.2) is 0 Å².